The number of nitrogens with two attached hydrogens (primary N) is 1. The summed E-state index contributed by atoms with van der Waals surface area (Å²) in [5.74, 6) is 0.511. The van der Waals surface area contributed by atoms with E-state index in [1.54, 1.807) is 30.7 Å². The highest BCUT2D eigenvalue weighted by atomic mass is 35.5. The molecule has 1 heterocycles. The van der Waals surface area contributed by atoms with E-state index in [2.05, 4.69) is 6.07 Å². The molecule has 0 radical (unpaired) electrons. The van der Waals surface area contributed by atoms with E-state index in [-0.39, 0.29) is 6.04 Å². The molecule has 5 heteroatoms. The highest BCUT2D eigenvalue weighted by molar-refractivity contribution is 6.30. The fraction of sp³-hybridized carbons (Fsp3) is 0.267. The smallest absolute Gasteiger partial charge is 0.138 e. The number of halogens is 1. The standard InChI is InChI=1S/C15H15ClN2O2/c16-13-4-3-11(9-17)15(8-13)20-6-1-2-14(18)12-5-7-19-10-12/h3-5,7-8,10,14H,1-2,6,18H2. The van der Waals surface area contributed by atoms with Gasteiger partial charge in [0, 0.05) is 22.7 Å². The lowest BCUT2D eigenvalue weighted by Crippen LogP contribution is -2.11. The summed E-state index contributed by atoms with van der Waals surface area (Å²) in [6.07, 6.45) is 4.82. The Morgan fingerprint density at radius 2 is 2.25 bits per heavy atom. The predicted molar refractivity (Wildman–Crippen MR) is 76.5 cm³/mol. The fourth-order valence-corrected chi connectivity index (χ4v) is 2.01. The van der Waals surface area contributed by atoms with E-state index in [4.69, 9.17) is 31.8 Å². The number of rotatable bonds is 6. The van der Waals surface area contributed by atoms with Crippen molar-refractivity contribution in [1.82, 2.24) is 0 Å². The molecule has 0 bridgehead atoms. The summed E-state index contributed by atoms with van der Waals surface area (Å²) in [4.78, 5) is 0. The maximum absolute atomic E-state index is 8.98. The molecule has 0 spiro atoms. The summed E-state index contributed by atoms with van der Waals surface area (Å²) in [5.41, 5.74) is 7.47. The monoisotopic (exact) mass is 290 g/mol. The first kappa shape index (κ1) is 14.4. The van der Waals surface area contributed by atoms with Crippen LogP contribution in [0.15, 0.2) is 41.2 Å². The molecule has 1 atom stereocenters. The molecule has 1 aromatic carbocycles. The van der Waals surface area contributed by atoms with Gasteiger partial charge in [0.05, 0.1) is 24.7 Å². The van der Waals surface area contributed by atoms with Crippen LogP contribution in [0.3, 0.4) is 0 Å². The van der Waals surface area contributed by atoms with Gasteiger partial charge in [0.1, 0.15) is 11.8 Å². The van der Waals surface area contributed by atoms with Crippen molar-refractivity contribution in [2.45, 2.75) is 18.9 Å². The van der Waals surface area contributed by atoms with Crippen molar-refractivity contribution in [3.8, 4) is 11.8 Å². The lowest BCUT2D eigenvalue weighted by molar-refractivity contribution is 0.301. The average Bonchev–Trinajstić information content (AvgIpc) is 2.98. The van der Waals surface area contributed by atoms with Gasteiger partial charge in [-0.2, -0.15) is 5.26 Å². The molecule has 2 rings (SSSR count). The highest BCUT2D eigenvalue weighted by Gasteiger charge is 2.08. The van der Waals surface area contributed by atoms with Crippen molar-refractivity contribution in [2.24, 2.45) is 5.73 Å². The zero-order valence-corrected chi connectivity index (χ0v) is 11.6. The number of ether oxygens (including phenoxy) is 1. The summed E-state index contributed by atoms with van der Waals surface area (Å²) in [6.45, 7) is 0.487. The minimum Gasteiger partial charge on any atom is -0.492 e. The van der Waals surface area contributed by atoms with Gasteiger partial charge in [-0.15, -0.1) is 0 Å². The summed E-state index contributed by atoms with van der Waals surface area (Å²) < 4.78 is 10.6. The minimum absolute atomic E-state index is 0.0628. The largest absolute Gasteiger partial charge is 0.492 e. The molecule has 0 aliphatic heterocycles. The summed E-state index contributed by atoms with van der Waals surface area (Å²) in [7, 11) is 0. The maximum atomic E-state index is 8.98. The Morgan fingerprint density at radius 3 is 2.95 bits per heavy atom. The third-order valence-corrected chi connectivity index (χ3v) is 3.19. The van der Waals surface area contributed by atoms with E-state index in [0.717, 1.165) is 18.4 Å². The first-order valence-electron chi connectivity index (χ1n) is 6.31. The first-order valence-corrected chi connectivity index (χ1v) is 6.68. The Balaban J connectivity index is 1.82. The van der Waals surface area contributed by atoms with Crippen LogP contribution in [-0.4, -0.2) is 6.61 Å². The van der Waals surface area contributed by atoms with E-state index in [1.807, 2.05) is 6.07 Å². The third-order valence-electron chi connectivity index (χ3n) is 2.95. The molecule has 1 aromatic heterocycles. The topological polar surface area (TPSA) is 72.2 Å². The Hall–Kier alpha value is -1.96. The van der Waals surface area contributed by atoms with E-state index < -0.39 is 0 Å². The molecule has 0 aliphatic carbocycles. The molecule has 2 N–H and O–H groups in total. The molecular formula is C15H15ClN2O2. The number of furan rings is 1. The van der Waals surface area contributed by atoms with E-state index in [0.29, 0.717) is 22.9 Å². The average molecular weight is 291 g/mol. The number of benzene rings is 1. The Labute approximate surface area is 122 Å². The molecule has 0 saturated heterocycles. The molecule has 0 saturated carbocycles. The van der Waals surface area contributed by atoms with Crippen molar-refractivity contribution in [1.29, 1.82) is 5.26 Å². The Morgan fingerprint density at radius 1 is 1.40 bits per heavy atom. The van der Waals surface area contributed by atoms with Gasteiger partial charge in [0.25, 0.3) is 0 Å². The van der Waals surface area contributed by atoms with Gasteiger partial charge in [-0.05, 0) is 31.0 Å². The molecular weight excluding hydrogens is 276 g/mol. The lowest BCUT2D eigenvalue weighted by atomic mass is 10.1. The first-order chi connectivity index (χ1) is 9.70. The van der Waals surface area contributed by atoms with Crippen molar-refractivity contribution in [2.75, 3.05) is 6.61 Å². The van der Waals surface area contributed by atoms with Crippen LogP contribution in [0, 0.1) is 11.3 Å². The van der Waals surface area contributed by atoms with Gasteiger partial charge >= 0.3 is 0 Å². The van der Waals surface area contributed by atoms with Crippen molar-refractivity contribution in [3.05, 3.63) is 52.9 Å². The quantitative estimate of drug-likeness (QED) is 0.824. The number of nitriles is 1. The van der Waals surface area contributed by atoms with Gasteiger partial charge in [-0.3, -0.25) is 0 Å². The highest BCUT2D eigenvalue weighted by Crippen LogP contribution is 2.23. The normalized spacial score (nSPS) is 11.8. The van der Waals surface area contributed by atoms with Gasteiger partial charge in [0.2, 0.25) is 0 Å². The van der Waals surface area contributed by atoms with Crippen molar-refractivity contribution < 1.29 is 9.15 Å². The number of nitrogens with zero attached hydrogens (tertiary/aromatic N) is 1. The van der Waals surface area contributed by atoms with Crippen LogP contribution in [0.5, 0.6) is 5.75 Å². The molecule has 20 heavy (non-hydrogen) atoms. The van der Waals surface area contributed by atoms with Crippen LogP contribution < -0.4 is 10.5 Å². The zero-order chi connectivity index (χ0) is 14.4. The summed E-state index contributed by atoms with van der Waals surface area (Å²) >= 11 is 5.88. The summed E-state index contributed by atoms with van der Waals surface area (Å²) in [5, 5.41) is 9.53. The van der Waals surface area contributed by atoms with E-state index >= 15 is 0 Å². The van der Waals surface area contributed by atoms with Crippen LogP contribution in [0.25, 0.3) is 0 Å². The second-order valence-corrected chi connectivity index (χ2v) is 4.84. The van der Waals surface area contributed by atoms with Crippen molar-refractivity contribution in [3.63, 3.8) is 0 Å². The van der Waals surface area contributed by atoms with E-state index in [1.165, 1.54) is 0 Å². The van der Waals surface area contributed by atoms with Crippen LogP contribution in [0.2, 0.25) is 5.02 Å². The molecule has 1 unspecified atom stereocenters. The number of hydrogen-bond acceptors (Lipinski definition) is 4. The Bertz CT molecular complexity index is 590. The number of hydrogen-bond donors (Lipinski definition) is 1. The van der Waals surface area contributed by atoms with Gasteiger partial charge in [0.15, 0.2) is 0 Å². The predicted octanol–water partition coefficient (Wildman–Crippen LogP) is 3.66. The fourth-order valence-electron chi connectivity index (χ4n) is 1.85. The molecule has 0 amide bonds. The van der Waals surface area contributed by atoms with Gasteiger partial charge < -0.3 is 14.9 Å². The lowest BCUT2D eigenvalue weighted by Gasteiger charge is -2.11. The third kappa shape index (κ3) is 3.77. The molecule has 0 fully saturated rings. The zero-order valence-electron chi connectivity index (χ0n) is 10.9. The second kappa shape index (κ2) is 6.99. The van der Waals surface area contributed by atoms with Crippen LogP contribution in [0.4, 0.5) is 0 Å². The minimum atomic E-state index is -0.0628. The maximum Gasteiger partial charge on any atom is 0.138 e. The molecule has 4 nitrogen and oxygen atoms in total. The second-order valence-electron chi connectivity index (χ2n) is 4.41. The molecule has 0 aliphatic rings. The van der Waals surface area contributed by atoms with Crippen LogP contribution in [-0.2, 0) is 0 Å². The van der Waals surface area contributed by atoms with Gasteiger partial charge in [-0.1, -0.05) is 11.6 Å². The Kier molecular flexibility index (Phi) is 5.05. The summed E-state index contributed by atoms with van der Waals surface area (Å²) in [6, 6.07) is 8.83. The van der Waals surface area contributed by atoms with Gasteiger partial charge in [-0.25, -0.2) is 0 Å². The van der Waals surface area contributed by atoms with E-state index in [9.17, 15) is 0 Å². The van der Waals surface area contributed by atoms with Crippen LogP contribution >= 0.6 is 11.6 Å². The molecule has 2 aromatic rings. The van der Waals surface area contributed by atoms with Crippen LogP contribution in [0.1, 0.15) is 30.0 Å². The SMILES string of the molecule is N#Cc1ccc(Cl)cc1OCCCC(N)c1ccoc1. The van der Waals surface area contributed by atoms with Crippen molar-refractivity contribution >= 4 is 11.6 Å². The molecule has 104 valence electrons.